The van der Waals surface area contributed by atoms with Crippen LogP contribution in [0.5, 0.6) is 0 Å². The van der Waals surface area contributed by atoms with Crippen LogP contribution in [0, 0.1) is 22.0 Å². The zero-order valence-corrected chi connectivity index (χ0v) is 19.2. The number of non-ortho nitro benzene ring substituents is 1. The van der Waals surface area contributed by atoms with E-state index in [0.717, 1.165) is 23.6 Å². The summed E-state index contributed by atoms with van der Waals surface area (Å²) in [6.45, 7) is 0. The van der Waals surface area contributed by atoms with E-state index in [1.807, 2.05) is 60.7 Å². The van der Waals surface area contributed by atoms with E-state index in [-0.39, 0.29) is 16.4 Å². The lowest BCUT2D eigenvalue weighted by molar-refractivity contribution is -0.385. The summed E-state index contributed by atoms with van der Waals surface area (Å²) in [5.74, 6) is -0.830. The topological polar surface area (TPSA) is 97.6 Å². The van der Waals surface area contributed by atoms with Crippen molar-refractivity contribution in [3.05, 3.63) is 106 Å². The molecule has 4 atom stereocenters. The lowest BCUT2D eigenvalue weighted by Crippen LogP contribution is -2.54. The molecule has 1 aliphatic heterocycles. The number of Topliss-reactive ketones (excluding diaryl/α,β-unsaturated/α-hetero) is 1. The molecule has 0 spiro atoms. The Morgan fingerprint density at radius 3 is 1.82 bits per heavy atom. The van der Waals surface area contributed by atoms with Crippen molar-refractivity contribution in [2.45, 2.75) is 36.2 Å². The number of ketones is 1. The summed E-state index contributed by atoms with van der Waals surface area (Å²) < 4.78 is 30.0. The van der Waals surface area contributed by atoms with Crippen LogP contribution in [0.25, 0.3) is 0 Å². The van der Waals surface area contributed by atoms with E-state index in [9.17, 15) is 23.3 Å². The first-order valence-electron chi connectivity index (χ1n) is 11.3. The fraction of sp³-hybridized carbons (Fsp3) is 0.269. The molecule has 0 amide bonds. The van der Waals surface area contributed by atoms with E-state index < -0.39 is 38.9 Å². The molecule has 0 radical (unpaired) electrons. The van der Waals surface area contributed by atoms with Crippen molar-refractivity contribution >= 4 is 21.5 Å². The highest BCUT2D eigenvalue weighted by Gasteiger charge is 2.55. The Morgan fingerprint density at radius 1 is 0.794 bits per heavy atom. The second kappa shape index (κ2) is 8.77. The monoisotopic (exact) mass is 476 g/mol. The normalized spacial score (nSPS) is 25.1. The average Bonchev–Trinajstić information content (AvgIpc) is 2.85. The number of sulfonamides is 1. The standard InChI is InChI=1S/C26H24N2O5S/c29-26-22-15-8-16-23(26)25(19-11-5-2-6-12-19)27(24(22)18-9-3-1-4-10-18)34(32,33)21-14-7-13-20(17-21)28(30)31/h1-7,9-14,17,22-25H,8,15-16H2. The van der Waals surface area contributed by atoms with E-state index in [0.29, 0.717) is 12.8 Å². The molecule has 1 saturated carbocycles. The second-order valence-electron chi connectivity index (χ2n) is 8.85. The van der Waals surface area contributed by atoms with Gasteiger partial charge in [0.15, 0.2) is 0 Å². The highest BCUT2D eigenvalue weighted by Crippen LogP contribution is 2.54. The molecule has 1 saturated heterocycles. The molecular formula is C26H24N2O5S. The quantitative estimate of drug-likeness (QED) is 0.378. The number of fused-ring (bicyclic) bond motifs is 2. The minimum absolute atomic E-state index is 0.0967. The maximum absolute atomic E-state index is 14.3. The third-order valence-electron chi connectivity index (χ3n) is 6.96. The zero-order valence-electron chi connectivity index (χ0n) is 18.4. The van der Waals surface area contributed by atoms with Gasteiger partial charge in [0.05, 0.1) is 21.9 Å². The Bertz CT molecular complexity index is 1270. The van der Waals surface area contributed by atoms with Crippen molar-refractivity contribution in [3.8, 4) is 0 Å². The van der Waals surface area contributed by atoms with Crippen molar-refractivity contribution in [2.24, 2.45) is 11.8 Å². The summed E-state index contributed by atoms with van der Waals surface area (Å²) >= 11 is 0. The van der Waals surface area contributed by atoms with Crippen LogP contribution in [-0.4, -0.2) is 23.4 Å². The number of hydrogen-bond acceptors (Lipinski definition) is 5. The predicted molar refractivity (Wildman–Crippen MR) is 126 cm³/mol. The van der Waals surface area contributed by atoms with Crippen LogP contribution in [0.15, 0.2) is 89.8 Å². The van der Waals surface area contributed by atoms with Crippen LogP contribution >= 0.6 is 0 Å². The molecule has 0 aromatic heterocycles. The summed E-state index contributed by atoms with van der Waals surface area (Å²) in [6.07, 6.45) is 2.06. The van der Waals surface area contributed by atoms with E-state index in [4.69, 9.17) is 0 Å². The number of benzene rings is 3. The molecule has 4 unspecified atom stereocenters. The Kier molecular flexibility index (Phi) is 5.79. The molecule has 174 valence electrons. The number of carbonyl (C=O) groups is 1. The number of nitrogens with zero attached hydrogens (tertiary/aromatic N) is 2. The number of nitro groups is 1. The summed E-state index contributed by atoms with van der Waals surface area (Å²) in [6, 6.07) is 22.2. The van der Waals surface area contributed by atoms with Gasteiger partial charge in [0.2, 0.25) is 10.0 Å². The first kappa shape index (κ1) is 22.4. The van der Waals surface area contributed by atoms with Crippen LogP contribution in [0.2, 0.25) is 0 Å². The zero-order chi connectivity index (χ0) is 23.9. The van der Waals surface area contributed by atoms with Gasteiger partial charge in [-0.1, -0.05) is 73.2 Å². The lowest BCUT2D eigenvalue weighted by Gasteiger charge is -2.51. The van der Waals surface area contributed by atoms with Gasteiger partial charge >= 0.3 is 0 Å². The molecule has 34 heavy (non-hydrogen) atoms. The lowest BCUT2D eigenvalue weighted by atomic mass is 9.67. The molecule has 5 rings (SSSR count). The van der Waals surface area contributed by atoms with E-state index in [1.165, 1.54) is 22.5 Å². The number of piperidine rings is 1. The molecule has 2 fully saturated rings. The Labute approximate surface area is 198 Å². The van der Waals surface area contributed by atoms with Crippen molar-refractivity contribution in [1.29, 1.82) is 0 Å². The Morgan fingerprint density at radius 2 is 1.32 bits per heavy atom. The Balaban J connectivity index is 1.76. The van der Waals surface area contributed by atoms with E-state index in [1.54, 1.807) is 0 Å². The molecule has 3 aromatic carbocycles. The Hall–Kier alpha value is -3.36. The third-order valence-corrected chi connectivity index (χ3v) is 8.82. The smallest absolute Gasteiger partial charge is 0.270 e. The molecular weight excluding hydrogens is 452 g/mol. The molecule has 8 heteroatoms. The molecule has 2 aliphatic rings. The van der Waals surface area contributed by atoms with Crippen LogP contribution in [0.3, 0.4) is 0 Å². The molecule has 2 bridgehead atoms. The summed E-state index contributed by atoms with van der Waals surface area (Å²) in [4.78, 5) is 24.3. The second-order valence-corrected chi connectivity index (χ2v) is 10.7. The van der Waals surface area contributed by atoms with Crippen molar-refractivity contribution in [3.63, 3.8) is 0 Å². The summed E-state index contributed by atoms with van der Waals surface area (Å²) in [5, 5.41) is 11.4. The SMILES string of the molecule is O=C1C2CCCC1C(c1ccccc1)N(S(=O)(=O)c1cccc([N+](=O)[O-])c1)C2c1ccccc1. The van der Waals surface area contributed by atoms with Gasteiger partial charge in [0, 0.05) is 24.0 Å². The van der Waals surface area contributed by atoms with Gasteiger partial charge in [-0.05, 0) is 30.0 Å². The minimum atomic E-state index is -4.20. The van der Waals surface area contributed by atoms with Gasteiger partial charge in [-0.3, -0.25) is 14.9 Å². The van der Waals surface area contributed by atoms with Gasteiger partial charge in [0.1, 0.15) is 5.78 Å². The molecule has 3 aromatic rings. The first-order chi connectivity index (χ1) is 16.4. The molecule has 7 nitrogen and oxygen atoms in total. The van der Waals surface area contributed by atoms with Gasteiger partial charge < -0.3 is 0 Å². The van der Waals surface area contributed by atoms with E-state index in [2.05, 4.69) is 0 Å². The number of rotatable bonds is 5. The number of carbonyl (C=O) groups excluding carboxylic acids is 1. The van der Waals surface area contributed by atoms with Crippen molar-refractivity contribution < 1.29 is 18.1 Å². The third kappa shape index (κ3) is 3.73. The van der Waals surface area contributed by atoms with Gasteiger partial charge in [-0.25, -0.2) is 8.42 Å². The average molecular weight is 477 g/mol. The predicted octanol–water partition coefficient (Wildman–Crippen LogP) is 5.07. The first-order valence-corrected chi connectivity index (χ1v) is 12.7. The molecule has 0 N–H and O–H groups in total. The number of hydrogen-bond donors (Lipinski definition) is 0. The summed E-state index contributed by atoms with van der Waals surface area (Å²) in [7, 11) is -4.20. The molecule has 1 heterocycles. The maximum Gasteiger partial charge on any atom is 0.270 e. The van der Waals surface area contributed by atoms with Crippen molar-refractivity contribution in [1.82, 2.24) is 4.31 Å². The largest absolute Gasteiger partial charge is 0.299 e. The fourth-order valence-electron chi connectivity index (χ4n) is 5.51. The summed E-state index contributed by atoms with van der Waals surface area (Å²) in [5.41, 5.74) is 1.20. The maximum atomic E-state index is 14.3. The van der Waals surface area contributed by atoms with Crippen molar-refractivity contribution in [2.75, 3.05) is 0 Å². The van der Waals surface area contributed by atoms with Gasteiger partial charge in [-0.2, -0.15) is 4.31 Å². The van der Waals surface area contributed by atoms with E-state index >= 15 is 0 Å². The fourth-order valence-corrected chi connectivity index (χ4v) is 7.41. The van der Waals surface area contributed by atoms with Gasteiger partial charge in [-0.15, -0.1) is 0 Å². The van der Waals surface area contributed by atoms with Gasteiger partial charge in [0.25, 0.3) is 5.69 Å². The van der Waals surface area contributed by atoms with Crippen LogP contribution < -0.4 is 0 Å². The molecule has 1 aliphatic carbocycles. The highest BCUT2D eigenvalue weighted by atomic mass is 32.2. The number of nitro benzene ring substituents is 1. The van der Waals surface area contributed by atoms with Crippen LogP contribution in [0.4, 0.5) is 5.69 Å². The van der Waals surface area contributed by atoms with Crippen LogP contribution in [0.1, 0.15) is 42.5 Å². The van der Waals surface area contributed by atoms with Crippen LogP contribution in [-0.2, 0) is 14.8 Å². The minimum Gasteiger partial charge on any atom is -0.299 e. The highest BCUT2D eigenvalue weighted by molar-refractivity contribution is 7.89.